The molecule has 2 aromatic carbocycles. The number of ether oxygens (including phenoxy) is 1. The molecule has 1 aromatic heterocycles. The molecule has 0 saturated carbocycles. The minimum absolute atomic E-state index is 0.0428. The Morgan fingerprint density at radius 2 is 1.82 bits per heavy atom. The van der Waals surface area contributed by atoms with E-state index in [1.807, 2.05) is 20.8 Å². The minimum atomic E-state index is -4.02. The highest BCUT2D eigenvalue weighted by molar-refractivity contribution is 7.90. The van der Waals surface area contributed by atoms with Gasteiger partial charge in [0.25, 0.3) is 10.0 Å². The summed E-state index contributed by atoms with van der Waals surface area (Å²) < 4.78 is 33.3. The van der Waals surface area contributed by atoms with Crippen molar-refractivity contribution in [2.75, 3.05) is 0 Å². The van der Waals surface area contributed by atoms with E-state index in [0.717, 1.165) is 9.54 Å². The van der Waals surface area contributed by atoms with Crippen molar-refractivity contribution in [3.8, 4) is 11.8 Å². The second kappa shape index (κ2) is 7.49. The van der Waals surface area contributed by atoms with Gasteiger partial charge in [-0.15, -0.1) is 0 Å². The van der Waals surface area contributed by atoms with E-state index in [1.165, 1.54) is 18.2 Å². The quantitative estimate of drug-likeness (QED) is 0.586. The fourth-order valence-electron chi connectivity index (χ4n) is 2.95. The predicted octanol–water partition coefficient (Wildman–Crippen LogP) is 4.07. The molecule has 0 fully saturated rings. The van der Waals surface area contributed by atoms with Gasteiger partial charge in [-0.25, -0.2) is 12.4 Å². The van der Waals surface area contributed by atoms with Gasteiger partial charge in [-0.2, -0.15) is 5.26 Å². The molecule has 6 nitrogen and oxygen atoms in total. The monoisotopic (exact) mass is 396 g/mol. The van der Waals surface area contributed by atoms with Gasteiger partial charge in [-0.05, 0) is 57.2 Å². The molecule has 0 amide bonds. The second-order valence-corrected chi connectivity index (χ2v) is 8.54. The molecular weight excluding hydrogens is 376 g/mol. The SMILES string of the molecule is Cc1ccc(S(=O)(=O)n2c(C(=O)CC#N)cc3cc(OC(C)C)ccc32)cc1. The van der Waals surface area contributed by atoms with E-state index in [2.05, 4.69) is 0 Å². The van der Waals surface area contributed by atoms with Gasteiger partial charge in [0.1, 0.15) is 17.9 Å². The molecule has 0 aliphatic rings. The fourth-order valence-corrected chi connectivity index (χ4v) is 4.47. The molecule has 0 saturated heterocycles. The van der Waals surface area contributed by atoms with Crippen LogP contribution in [-0.4, -0.2) is 24.3 Å². The van der Waals surface area contributed by atoms with Crippen molar-refractivity contribution >= 4 is 26.7 Å². The van der Waals surface area contributed by atoms with Crippen LogP contribution in [0.25, 0.3) is 10.9 Å². The molecule has 3 aromatic rings. The molecule has 0 aliphatic heterocycles. The summed E-state index contributed by atoms with van der Waals surface area (Å²) in [4.78, 5) is 12.6. The number of hydrogen-bond donors (Lipinski definition) is 0. The van der Waals surface area contributed by atoms with Crippen LogP contribution in [0.4, 0.5) is 0 Å². The Hall–Kier alpha value is -3.11. The van der Waals surface area contributed by atoms with Crippen LogP contribution in [0.2, 0.25) is 0 Å². The Kier molecular flexibility index (Phi) is 5.25. The van der Waals surface area contributed by atoms with Crippen LogP contribution in [0.3, 0.4) is 0 Å². The molecule has 0 bridgehead atoms. The van der Waals surface area contributed by atoms with Crippen molar-refractivity contribution < 1.29 is 17.9 Å². The first-order chi connectivity index (χ1) is 13.2. The van der Waals surface area contributed by atoms with Gasteiger partial charge in [0.15, 0.2) is 5.78 Å². The molecule has 0 unspecified atom stereocenters. The third-order valence-corrected chi connectivity index (χ3v) is 5.93. The highest BCUT2D eigenvalue weighted by Gasteiger charge is 2.26. The van der Waals surface area contributed by atoms with Gasteiger partial charge in [0, 0.05) is 5.39 Å². The van der Waals surface area contributed by atoms with E-state index in [9.17, 15) is 13.2 Å². The van der Waals surface area contributed by atoms with Crippen molar-refractivity contribution in [2.24, 2.45) is 0 Å². The van der Waals surface area contributed by atoms with Crippen molar-refractivity contribution in [1.82, 2.24) is 3.97 Å². The highest BCUT2D eigenvalue weighted by atomic mass is 32.2. The Morgan fingerprint density at radius 1 is 1.14 bits per heavy atom. The molecule has 3 rings (SSSR count). The second-order valence-electron chi connectivity index (χ2n) is 6.76. The van der Waals surface area contributed by atoms with Crippen LogP contribution >= 0.6 is 0 Å². The van der Waals surface area contributed by atoms with E-state index in [0.29, 0.717) is 16.7 Å². The number of rotatable bonds is 6. The van der Waals surface area contributed by atoms with Crippen LogP contribution in [0.5, 0.6) is 5.75 Å². The van der Waals surface area contributed by atoms with Crippen molar-refractivity contribution in [2.45, 2.75) is 38.2 Å². The lowest BCUT2D eigenvalue weighted by atomic mass is 10.2. The van der Waals surface area contributed by atoms with Gasteiger partial charge in [-0.1, -0.05) is 17.7 Å². The average molecular weight is 396 g/mol. The minimum Gasteiger partial charge on any atom is -0.491 e. The Balaban J connectivity index is 2.26. The Bertz CT molecular complexity index is 1180. The van der Waals surface area contributed by atoms with Crippen molar-refractivity contribution in [1.29, 1.82) is 5.26 Å². The van der Waals surface area contributed by atoms with Crippen LogP contribution in [0.15, 0.2) is 53.4 Å². The van der Waals surface area contributed by atoms with Crippen molar-refractivity contribution in [3.05, 3.63) is 59.8 Å². The van der Waals surface area contributed by atoms with E-state index in [1.54, 1.807) is 36.4 Å². The van der Waals surface area contributed by atoms with E-state index in [-0.39, 0.29) is 16.7 Å². The van der Waals surface area contributed by atoms with Gasteiger partial charge in [0.05, 0.1) is 22.6 Å². The molecule has 28 heavy (non-hydrogen) atoms. The number of hydrogen-bond acceptors (Lipinski definition) is 5. The van der Waals surface area contributed by atoms with E-state index >= 15 is 0 Å². The Labute approximate surface area is 164 Å². The zero-order chi connectivity index (χ0) is 20.5. The van der Waals surface area contributed by atoms with Gasteiger partial charge in [-0.3, -0.25) is 4.79 Å². The first-order valence-corrected chi connectivity index (χ1v) is 10.2. The van der Waals surface area contributed by atoms with Crippen LogP contribution in [0, 0.1) is 18.3 Å². The number of aromatic nitrogens is 1. The van der Waals surface area contributed by atoms with Crippen LogP contribution in [-0.2, 0) is 10.0 Å². The maximum absolute atomic E-state index is 13.3. The number of aryl methyl sites for hydroxylation is 1. The summed E-state index contributed by atoms with van der Waals surface area (Å²) in [6.07, 6.45) is -0.453. The molecule has 0 spiro atoms. The summed E-state index contributed by atoms with van der Waals surface area (Å²) in [5, 5.41) is 9.46. The number of Topliss-reactive ketones (excluding diaryl/α,β-unsaturated/α-hetero) is 1. The van der Waals surface area contributed by atoms with Gasteiger partial charge >= 0.3 is 0 Å². The maximum Gasteiger partial charge on any atom is 0.268 e. The largest absolute Gasteiger partial charge is 0.491 e. The summed E-state index contributed by atoms with van der Waals surface area (Å²) >= 11 is 0. The molecular formula is C21H20N2O4S. The fraction of sp³-hybridized carbons (Fsp3) is 0.238. The number of carbonyl (C=O) groups excluding carboxylic acids is 1. The summed E-state index contributed by atoms with van der Waals surface area (Å²) in [7, 11) is -4.02. The summed E-state index contributed by atoms with van der Waals surface area (Å²) in [6.45, 7) is 5.64. The summed E-state index contributed by atoms with van der Waals surface area (Å²) in [5.74, 6) is 0.0207. The molecule has 0 N–H and O–H groups in total. The average Bonchev–Trinajstić information content (AvgIpc) is 3.01. The molecule has 0 radical (unpaired) electrons. The number of carbonyl (C=O) groups is 1. The number of nitriles is 1. The van der Waals surface area contributed by atoms with E-state index in [4.69, 9.17) is 10.00 Å². The third kappa shape index (κ3) is 3.64. The lowest BCUT2D eigenvalue weighted by Crippen LogP contribution is -2.18. The predicted molar refractivity (Wildman–Crippen MR) is 106 cm³/mol. The van der Waals surface area contributed by atoms with Gasteiger partial charge < -0.3 is 4.74 Å². The topological polar surface area (TPSA) is 89.2 Å². The zero-order valence-electron chi connectivity index (χ0n) is 15.8. The highest BCUT2D eigenvalue weighted by Crippen LogP contribution is 2.30. The van der Waals surface area contributed by atoms with Gasteiger partial charge in [0.2, 0.25) is 0 Å². The lowest BCUT2D eigenvalue weighted by molar-refractivity contribution is 0.0992. The molecule has 144 valence electrons. The first-order valence-electron chi connectivity index (χ1n) is 8.78. The Morgan fingerprint density at radius 3 is 2.43 bits per heavy atom. The normalized spacial score (nSPS) is 11.5. The number of fused-ring (bicyclic) bond motifs is 1. The number of benzene rings is 2. The molecule has 0 aliphatic carbocycles. The van der Waals surface area contributed by atoms with E-state index < -0.39 is 22.2 Å². The number of nitrogens with zero attached hydrogens (tertiary/aromatic N) is 2. The standard InChI is InChI=1S/C21H20N2O4S/c1-14(2)27-17-6-9-19-16(12-17)13-20(21(24)10-11-22)23(19)28(25,26)18-7-4-15(3)5-8-18/h4-9,12-14H,10H2,1-3H3. The molecule has 1 heterocycles. The lowest BCUT2D eigenvalue weighted by Gasteiger charge is -2.12. The van der Waals surface area contributed by atoms with Crippen molar-refractivity contribution in [3.63, 3.8) is 0 Å². The smallest absolute Gasteiger partial charge is 0.268 e. The van der Waals surface area contributed by atoms with Crippen LogP contribution in [0.1, 0.15) is 36.3 Å². The first kappa shape index (κ1) is 19.6. The number of ketones is 1. The molecule has 7 heteroatoms. The third-order valence-electron chi connectivity index (χ3n) is 4.19. The molecule has 0 atom stereocenters. The zero-order valence-corrected chi connectivity index (χ0v) is 16.7. The maximum atomic E-state index is 13.3. The van der Waals surface area contributed by atoms with Crippen LogP contribution < -0.4 is 4.74 Å². The summed E-state index contributed by atoms with van der Waals surface area (Å²) in [6, 6.07) is 14.7. The summed E-state index contributed by atoms with van der Waals surface area (Å²) in [5.41, 5.74) is 1.24.